The Bertz CT molecular complexity index is 869. The van der Waals surface area contributed by atoms with Crippen molar-refractivity contribution in [2.24, 2.45) is 0 Å². The normalized spacial score (nSPS) is 16.2. The number of hydrogen-bond donors (Lipinski definition) is 0. The van der Waals surface area contributed by atoms with E-state index in [1.807, 2.05) is 6.92 Å². The van der Waals surface area contributed by atoms with Gasteiger partial charge in [0.25, 0.3) is 0 Å². The molecule has 0 saturated heterocycles. The van der Waals surface area contributed by atoms with Crippen molar-refractivity contribution in [1.82, 2.24) is 4.98 Å². The lowest BCUT2D eigenvalue weighted by Gasteiger charge is -2.22. The van der Waals surface area contributed by atoms with Crippen LogP contribution in [0.15, 0.2) is 24.3 Å². The van der Waals surface area contributed by atoms with E-state index in [4.69, 9.17) is 9.47 Å². The van der Waals surface area contributed by atoms with Gasteiger partial charge >= 0.3 is 0 Å². The van der Waals surface area contributed by atoms with Gasteiger partial charge in [-0.1, -0.05) is 18.2 Å². The summed E-state index contributed by atoms with van der Waals surface area (Å²) < 4.78 is 33.5. The zero-order valence-corrected chi connectivity index (χ0v) is 14.6. The number of allylic oxidation sites excluding steroid dienone is 4. The number of ether oxygens (including phenoxy) is 2. The molecule has 2 rings (SSSR count). The maximum atomic E-state index is 11.6. The van der Waals surface area contributed by atoms with Crippen LogP contribution in [0.4, 0.5) is 0 Å². The maximum absolute atomic E-state index is 11.6. The van der Waals surface area contributed by atoms with E-state index >= 15 is 0 Å². The monoisotopic (exact) mass is 346 g/mol. The number of aromatic nitrogens is 1. The van der Waals surface area contributed by atoms with Gasteiger partial charge in [-0.05, 0) is 25.5 Å². The minimum atomic E-state index is -2.39. The zero-order chi connectivity index (χ0) is 17.7. The van der Waals surface area contributed by atoms with Crippen molar-refractivity contribution in [3.05, 3.63) is 52.4 Å². The summed E-state index contributed by atoms with van der Waals surface area (Å²) in [5, 5.41) is 9.58. The maximum Gasteiger partial charge on any atom is 0.218 e. The Balaban J connectivity index is 2.70. The number of hydrogen-bond acceptors (Lipinski definition) is 6. The third kappa shape index (κ3) is 3.62. The van der Waals surface area contributed by atoms with Gasteiger partial charge in [-0.15, -0.1) is 0 Å². The molecule has 1 aliphatic carbocycles. The molecule has 0 fully saturated rings. The molecular weight excluding hydrogens is 328 g/mol. The van der Waals surface area contributed by atoms with E-state index in [2.05, 4.69) is 11.1 Å². The van der Waals surface area contributed by atoms with Crippen molar-refractivity contribution >= 4 is 15.2 Å². The van der Waals surface area contributed by atoms with Gasteiger partial charge in [0, 0.05) is 24.3 Å². The number of methoxy groups -OCH3 is 1. The molecule has 0 radical (unpaired) electrons. The van der Waals surface area contributed by atoms with Crippen LogP contribution < -0.4 is 0 Å². The average Bonchev–Trinajstić information content (AvgIpc) is 2.56. The first-order valence-electron chi connectivity index (χ1n) is 7.29. The Labute approximate surface area is 142 Å². The van der Waals surface area contributed by atoms with E-state index in [-0.39, 0.29) is 18.3 Å². The highest BCUT2D eigenvalue weighted by molar-refractivity contribution is 7.73. The minimum Gasteiger partial charge on any atom is -0.359 e. The lowest BCUT2D eigenvalue weighted by atomic mass is 9.85. The highest BCUT2D eigenvalue weighted by Crippen LogP contribution is 2.32. The Morgan fingerprint density at radius 1 is 1.29 bits per heavy atom. The SMILES string of the molecule is COCOCc1c(C)nc(C)c(C#N)c1C1C=CC=CC1=S(=O)=O. The molecule has 1 unspecified atom stereocenters. The molecule has 1 aromatic heterocycles. The smallest absolute Gasteiger partial charge is 0.218 e. The summed E-state index contributed by atoms with van der Waals surface area (Å²) in [7, 11) is -0.872. The predicted molar refractivity (Wildman–Crippen MR) is 90.0 cm³/mol. The second-order valence-corrected chi connectivity index (χ2v) is 6.22. The Hall–Kier alpha value is -2.27. The van der Waals surface area contributed by atoms with E-state index in [1.165, 1.54) is 7.11 Å². The standard InChI is InChI=1S/C17H18N2O4S/c1-11-14(8-18)17(13-6-4-5-7-16(13)24(20)21)15(12(2)19-11)9-23-10-22-3/h4-7,13H,9-10H2,1-3H3. The van der Waals surface area contributed by atoms with Crippen LogP contribution in [0.5, 0.6) is 0 Å². The first-order valence-corrected chi connectivity index (χ1v) is 8.36. The molecule has 6 nitrogen and oxygen atoms in total. The van der Waals surface area contributed by atoms with Gasteiger partial charge in [-0.2, -0.15) is 13.7 Å². The van der Waals surface area contributed by atoms with Crippen LogP contribution in [0, 0.1) is 25.2 Å². The lowest BCUT2D eigenvalue weighted by Crippen LogP contribution is -2.18. The second kappa shape index (κ2) is 8.02. The van der Waals surface area contributed by atoms with Gasteiger partial charge in [-0.25, -0.2) is 0 Å². The minimum absolute atomic E-state index is 0.0963. The molecule has 1 heterocycles. The van der Waals surface area contributed by atoms with E-state index < -0.39 is 16.2 Å². The topological polar surface area (TPSA) is 89.3 Å². The summed E-state index contributed by atoms with van der Waals surface area (Å²) in [5.74, 6) is -0.537. The van der Waals surface area contributed by atoms with E-state index in [9.17, 15) is 13.7 Å². The van der Waals surface area contributed by atoms with Gasteiger partial charge in [0.15, 0.2) is 0 Å². The fourth-order valence-corrected chi connectivity index (χ4v) is 3.32. The number of nitrogens with zero attached hydrogens (tertiary/aromatic N) is 2. The number of pyridine rings is 1. The quantitative estimate of drug-likeness (QED) is 0.460. The summed E-state index contributed by atoms with van der Waals surface area (Å²) in [4.78, 5) is 4.61. The summed E-state index contributed by atoms with van der Waals surface area (Å²) in [5.41, 5.74) is 2.99. The van der Waals surface area contributed by atoms with Gasteiger partial charge < -0.3 is 9.47 Å². The van der Waals surface area contributed by atoms with Crippen molar-refractivity contribution in [3.8, 4) is 6.07 Å². The summed E-state index contributed by atoms with van der Waals surface area (Å²) in [6.45, 7) is 3.84. The molecule has 1 aliphatic rings. The van der Waals surface area contributed by atoms with Crippen molar-refractivity contribution in [3.63, 3.8) is 0 Å². The van der Waals surface area contributed by atoms with Crippen molar-refractivity contribution in [2.75, 3.05) is 13.9 Å². The third-order valence-electron chi connectivity index (χ3n) is 3.77. The van der Waals surface area contributed by atoms with Crippen molar-refractivity contribution in [2.45, 2.75) is 26.4 Å². The van der Waals surface area contributed by atoms with E-state index in [0.717, 1.165) is 0 Å². The van der Waals surface area contributed by atoms with Crippen LogP contribution in [0.3, 0.4) is 0 Å². The van der Waals surface area contributed by atoms with Crippen molar-refractivity contribution in [1.29, 1.82) is 5.26 Å². The Morgan fingerprint density at radius 2 is 2.04 bits per heavy atom. The molecule has 1 aromatic rings. The molecule has 0 aromatic carbocycles. The fourth-order valence-electron chi connectivity index (χ4n) is 2.73. The average molecular weight is 346 g/mol. The molecule has 0 spiro atoms. The fraction of sp³-hybridized carbons (Fsp3) is 0.353. The third-order valence-corrected chi connectivity index (χ3v) is 4.55. The molecule has 0 bridgehead atoms. The highest BCUT2D eigenvalue weighted by Gasteiger charge is 2.26. The zero-order valence-electron chi connectivity index (χ0n) is 13.7. The molecule has 1 atom stereocenters. The van der Waals surface area contributed by atoms with Crippen LogP contribution in [0.2, 0.25) is 0 Å². The molecule has 0 saturated carbocycles. The van der Waals surface area contributed by atoms with Crippen LogP contribution in [0.25, 0.3) is 0 Å². The first kappa shape index (κ1) is 18.1. The lowest BCUT2D eigenvalue weighted by molar-refractivity contribution is -0.0394. The molecule has 126 valence electrons. The molecule has 24 heavy (non-hydrogen) atoms. The van der Waals surface area contributed by atoms with Crippen LogP contribution in [-0.4, -0.2) is 32.2 Å². The molecule has 0 N–H and O–H groups in total. The molecule has 7 heteroatoms. The molecule has 0 aliphatic heterocycles. The highest BCUT2D eigenvalue weighted by atomic mass is 32.2. The number of rotatable bonds is 5. The molecular formula is C17H18N2O4S. The van der Waals surface area contributed by atoms with Gasteiger partial charge in [0.2, 0.25) is 10.3 Å². The Kier molecular flexibility index (Phi) is 6.04. The summed E-state index contributed by atoms with van der Waals surface area (Å²) >= 11 is 0. The summed E-state index contributed by atoms with van der Waals surface area (Å²) in [6.07, 6.45) is 6.74. The first-order chi connectivity index (χ1) is 11.5. The predicted octanol–water partition coefficient (Wildman–Crippen LogP) is 1.95. The second-order valence-electron chi connectivity index (χ2n) is 5.28. The van der Waals surface area contributed by atoms with Crippen LogP contribution >= 0.6 is 0 Å². The Morgan fingerprint density at radius 3 is 2.67 bits per heavy atom. The number of nitriles is 1. The van der Waals surface area contributed by atoms with Gasteiger partial charge in [0.1, 0.15) is 12.9 Å². The van der Waals surface area contributed by atoms with Gasteiger partial charge in [-0.3, -0.25) is 4.98 Å². The van der Waals surface area contributed by atoms with Gasteiger partial charge in [0.05, 0.1) is 22.7 Å². The number of aryl methyl sites for hydroxylation is 2. The largest absolute Gasteiger partial charge is 0.359 e. The van der Waals surface area contributed by atoms with E-state index in [1.54, 1.807) is 31.2 Å². The summed E-state index contributed by atoms with van der Waals surface area (Å²) in [6, 6.07) is 2.16. The van der Waals surface area contributed by atoms with Crippen LogP contribution in [-0.2, 0) is 26.4 Å². The van der Waals surface area contributed by atoms with Crippen LogP contribution in [0.1, 0.15) is 34.0 Å². The van der Waals surface area contributed by atoms with E-state index in [0.29, 0.717) is 28.1 Å². The van der Waals surface area contributed by atoms with Crippen molar-refractivity contribution < 1.29 is 17.9 Å². The molecule has 0 amide bonds.